The molecule has 28 heavy (non-hydrogen) atoms. The number of hydrogen-bond acceptors (Lipinski definition) is 5. The lowest BCUT2D eigenvalue weighted by molar-refractivity contribution is -0.133. The summed E-state index contributed by atoms with van der Waals surface area (Å²) in [5, 5.41) is 5.06. The topological polar surface area (TPSA) is 104 Å². The Morgan fingerprint density at radius 1 is 0.929 bits per heavy atom. The van der Waals surface area contributed by atoms with E-state index in [4.69, 9.17) is 9.88 Å². The van der Waals surface area contributed by atoms with Crippen LogP contribution in [0.15, 0.2) is 29.2 Å². The van der Waals surface area contributed by atoms with Gasteiger partial charge in [0.1, 0.15) is 17.3 Å². The van der Waals surface area contributed by atoms with Crippen LogP contribution < -0.4 is 9.88 Å². The number of hydrogen-bond donors (Lipinski definition) is 1. The molecule has 1 aromatic carbocycles. The fourth-order valence-corrected chi connectivity index (χ4v) is 3.58. The molecule has 0 spiro atoms. The molecule has 7 heteroatoms. The predicted molar refractivity (Wildman–Crippen MR) is 110 cm³/mol. The third-order valence-electron chi connectivity index (χ3n) is 4.58. The van der Waals surface area contributed by atoms with E-state index in [0.717, 1.165) is 38.5 Å². The summed E-state index contributed by atoms with van der Waals surface area (Å²) >= 11 is 0. The number of primary sulfonamides is 1. The van der Waals surface area contributed by atoms with Crippen LogP contribution in [0.1, 0.15) is 71.6 Å². The van der Waals surface area contributed by atoms with Gasteiger partial charge in [0.25, 0.3) is 0 Å². The molecule has 0 aliphatic carbocycles. The molecule has 0 aliphatic heterocycles. The maximum absolute atomic E-state index is 12.2. The van der Waals surface area contributed by atoms with Crippen LogP contribution in [-0.4, -0.2) is 26.6 Å². The Hall–Kier alpha value is -1.73. The second kappa shape index (κ2) is 12.7. The Labute approximate surface area is 168 Å². The van der Waals surface area contributed by atoms with Crippen molar-refractivity contribution in [2.45, 2.75) is 76.5 Å². The van der Waals surface area contributed by atoms with Gasteiger partial charge in [-0.1, -0.05) is 33.1 Å². The zero-order valence-corrected chi connectivity index (χ0v) is 17.8. The molecule has 0 atom stereocenters. The fourth-order valence-electron chi connectivity index (χ4n) is 3.06. The minimum atomic E-state index is -3.69. The highest BCUT2D eigenvalue weighted by Crippen LogP contribution is 2.19. The Kier molecular flexibility index (Phi) is 11.0. The molecule has 1 rings (SSSR count). The van der Waals surface area contributed by atoms with Gasteiger partial charge in [-0.2, -0.15) is 0 Å². The molecule has 0 unspecified atom stereocenters. The molecule has 0 aliphatic rings. The summed E-state index contributed by atoms with van der Waals surface area (Å²) < 4.78 is 28.0. The number of ketones is 2. The number of unbranched alkanes of at least 4 members (excludes halogenated alkanes) is 3. The molecule has 0 saturated carbocycles. The fraction of sp³-hybridized carbons (Fsp3) is 0.619. The molecule has 0 saturated heterocycles. The Morgan fingerprint density at radius 3 is 1.96 bits per heavy atom. The number of benzene rings is 1. The lowest BCUT2D eigenvalue weighted by Gasteiger charge is -2.14. The van der Waals surface area contributed by atoms with E-state index in [9.17, 15) is 18.0 Å². The van der Waals surface area contributed by atoms with Crippen molar-refractivity contribution in [3.8, 4) is 5.75 Å². The Bertz CT molecular complexity index is 695. The molecule has 6 nitrogen and oxygen atoms in total. The highest BCUT2D eigenvalue weighted by molar-refractivity contribution is 7.89. The summed E-state index contributed by atoms with van der Waals surface area (Å²) in [5.41, 5.74) is 0. The summed E-state index contributed by atoms with van der Waals surface area (Å²) in [4.78, 5) is 24.4. The second-order valence-electron chi connectivity index (χ2n) is 7.05. The molecule has 0 aromatic heterocycles. The Balaban J connectivity index is 2.28. The molecule has 0 heterocycles. The SMILES string of the molecule is CCCC(=O)C(CCCCCCOc1ccc(S(N)(=O)=O)cc1)C(=O)CCC. The first-order chi connectivity index (χ1) is 13.3. The molecule has 0 amide bonds. The zero-order valence-electron chi connectivity index (χ0n) is 17.0. The van der Waals surface area contributed by atoms with Crippen LogP contribution in [0.2, 0.25) is 0 Å². The number of nitrogens with two attached hydrogens (primary N) is 1. The highest BCUT2D eigenvalue weighted by Gasteiger charge is 2.24. The third-order valence-corrected chi connectivity index (χ3v) is 5.51. The van der Waals surface area contributed by atoms with Gasteiger partial charge in [-0.3, -0.25) is 9.59 Å². The molecule has 0 radical (unpaired) electrons. The van der Waals surface area contributed by atoms with Gasteiger partial charge in [0.15, 0.2) is 0 Å². The van der Waals surface area contributed by atoms with Gasteiger partial charge in [0.2, 0.25) is 10.0 Å². The van der Waals surface area contributed by atoms with E-state index in [2.05, 4.69) is 0 Å². The number of carbonyl (C=O) groups is 2. The zero-order chi connectivity index (χ0) is 21.0. The number of rotatable bonds is 15. The van der Waals surface area contributed by atoms with Gasteiger partial charge >= 0.3 is 0 Å². The van der Waals surface area contributed by atoms with Crippen LogP contribution in [0.5, 0.6) is 5.75 Å². The summed E-state index contributed by atoms with van der Waals surface area (Å²) in [7, 11) is -3.69. The van der Waals surface area contributed by atoms with Crippen LogP contribution in [-0.2, 0) is 19.6 Å². The van der Waals surface area contributed by atoms with E-state index in [1.807, 2.05) is 13.8 Å². The smallest absolute Gasteiger partial charge is 0.238 e. The van der Waals surface area contributed by atoms with Crippen LogP contribution in [0.25, 0.3) is 0 Å². The van der Waals surface area contributed by atoms with Crippen LogP contribution >= 0.6 is 0 Å². The molecule has 1 aromatic rings. The van der Waals surface area contributed by atoms with Gasteiger partial charge in [-0.15, -0.1) is 0 Å². The lowest BCUT2D eigenvalue weighted by atomic mass is 9.88. The Morgan fingerprint density at radius 2 is 1.46 bits per heavy atom. The maximum atomic E-state index is 12.2. The monoisotopic (exact) mass is 411 g/mol. The standard InChI is InChI=1S/C21H33NO5S/c1-3-9-20(23)19(21(24)10-4-2)11-7-5-6-8-16-27-17-12-14-18(15-13-17)28(22,25)26/h12-15,19H,3-11,16H2,1-2H3,(H2,22,25,26). The van der Waals surface area contributed by atoms with Crippen LogP contribution in [0.3, 0.4) is 0 Å². The molecular weight excluding hydrogens is 378 g/mol. The number of sulfonamides is 1. The van der Waals surface area contributed by atoms with Gasteiger partial charge in [0.05, 0.1) is 17.4 Å². The number of ether oxygens (including phenoxy) is 1. The van der Waals surface area contributed by atoms with Gasteiger partial charge < -0.3 is 4.74 Å². The van der Waals surface area contributed by atoms with E-state index >= 15 is 0 Å². The largest absolute Gasteiger partial charge is 0.494 e. The van der Waals surface area contributed by atoms with Crippen molar-refractivity contribution >= 4 is 21.6 Å². The van der Waals surface area contributed by atoms with E-state index in [-0.39, 0.29) is 16.5 Å². The minimum absolute atomic E-state index is 0.0599. The van der Waals surface area contributed by atoms with Crippen LogP contribution in [0.4, 0.5) is 0 Å². The first-order valence-corrected chi connectivity index (χ1v) is 11.6. The summed E-state index contributed by atoms with van der Waals surface area (Å²) in [6.07, 6.45) is 6.79. The summed E-state index contributed by atoms with van der Waals surface area (Å²) in [6.45, 7) is 4.45. The van der Waals surface area contributed by atoms with Crippen molar-refractivity contribution in [2.24, 2.45) is 11.1 Å². The first-order valence-electron chi connectivity index (χ1n) is 10.1. The van der Waals surface area contributed by atoms with Gasteiger partial charge in [0, 0.05) is 12.8 Å². The average Bonchev–Trinajstić information content (AvgIpc) is 2.64. The predicted octanol–water partition coefficient (Wildman–Crippen LogP) is 4.02. The number of carbonyl (C=O) groups excluding carboxylic acids is 2. The van der Waals surface area contributed by atoms with Crippen molar-refractivity contribution in [3.05, 3.63) is 24.3 Å². The van der Waals surface area contributed by atoms with Crippen molar-refractivity contribution in [1.82, 2.24) is 0 Å². The molecule has 0 fully saturated rings. The average molecular weight is 412 g/mol. The maximum Gasteiger partial charge on any atom is 0.238 e. The number of Topliss-reactive ketones (excluding diaryl/α,β-unsaturated/α-hetero) is 2. The minimum Gasteiger partial charge on any atom is -0.494 e. The van der Waals surface area contributed by atoms with Crippen molar-refractivity contribution in [2.75, 3.05) is 6.61 Å². The molecule has 2 N–H and O–H groups in total. The van der Waals surface area contributed by atoms with Crippen molar-refractivity contribution in [3.63, 3.8) is 0 Å². The van der Waals surface area contributed by atoms with Crippen molar-refractivity contribution < 1.29 is 22.7 Å². The van der Waals surface area contributed by atoms with E-state index < -0.39 is 15.9 Å². The van der Waals surface area contributed by atoms with E-state index in [1.165, 1.54) is 12.1 Å². The van der Waals surface area contributed by atoms with E-state index in [0.29, 0.717) is 31.6 Å². The molecular formula is C21H33NO5S. The van der Waals surface area contributed by atoms with Gasteiger partial charge in [-0.25, -0.2) is 13.6 Å². The highest BCUT2D eigenvalue weighted by atomic mass is 32.2. The molecule has 0 bridgehead atoms. The normalized spacial score (nSPS) is 11.6. The lowest BCUT2D eigenvalue weighted by Crippen LogP contribution is -2.23. The quantitative estimate of drug-likeness (QED) is 0.347. The second-order valence-corrected chi connectivity index (χ2v) is 8.61. The van der Waals surface area contributed by atoms with Gasteiger partial charge in [-0.05, 0) is 49.9 Å². The summed E-state index contributed by atoms with van der Waals surface area (Å²) in [6, 6.07) is 6.02. The van der Waals surface area contributed by atoms with Crippen molar-refractivity contribution in [1.29, 1.82) is 0 Å². The third kappa shape index (κ3) is 8.97. The molecule has 158 valence electrons. The summed E-state index contributed by atoms with van der Waals surface area (Å²) in [5.74, 6) is 0.357. The van der Waals surface area contributed by atoms with Crippen LogP contribution in [0, 0.1) is 5.92 Å². The first kappa shape index (κ1) is 24.3. The van der Waals surface area contributed by atoms with E-state index in [1.54, 1.807) is 12.1 Å².